The first-order chi connectivity index (χ1) is 15.2. The first-order valence-electron chi connectivity index (χ1n) is 13.8. The lowest BCUT2D eigenvalue weighted by atomic mass is 9.33. The zero-order valence-electron chi connectivity index (χ0n) is 22.5. The maximum Gasteiger partial charge on any atom is 0.303 e. The average Bonchev–Trinajstić information content (AvgIpc) is 3.07. The van der Waals surface area contributed by atoms with Gasteiger partial charge in [0.2, 0.25) is 0 Å². The van der Waals surface area contributed by atoms with E-state index < -0.39 is 11.6 Å². The summed E-state index contributed by atoms with van der Waals surface area (Å²) in [5.41, 5.74) is 0.857. The van der Waals surface area contributed by atoms with Crippen molar-refractivity contribution in [3.8, 4) is 0 Å². The lowest BCUT2D eigenvalue weighted by molar-refractivity contribution is -0.245. The molecule has 3 heteroatoms. The van der Waals surface area contributed by atoms with Crippen LogP contribution in [0.5, 0.6) is 0 Å². The van der Waals surface area contributed by atoms with Gasteiger partial charge in [0.25, 0.3) is 0 Å². The molecule has 0 radical (unpaired) electrons. The fourth-order valence-electron chi connectivity index (χ4n) is 10.9. The lowest BCUT2D eigenvalue weighted by Gasteiger charge is -2.72. The molecular weight excluding hydrogens is 408 g/mol. The Hall–Kier alpha value is -0.830. The van der Waals surface area contributed by atoms with E-state index in [1.54, 1.807) is 0 Å². The molecule has 0 spiro atoms. The first-order valence-corrected chi connectivity index (χ1v) is 13.8. The van der Waals surface area contributed by atoms with Crippen LogP contribution in [-0.4, -0.2) is 21.8 Å². The monoisotopic (exact) mass is 458 g/mol. The standard InChI is InChI=1S/C30H50O3/c1-19(2)21-9-10-22-26(21,5)15-17-29(8)23-13-14-30(33,20(3)4)24(11-12-25(31)32)27(23,6)16-18-28(22,29)7/h19,21-24,33H,3,9-18H2,1-2,4-8H3,(H,31,32)/t21-,22-,23+,24+,26-,27-,28+,29-,30+/m1/s1. The molecule has 4 rings (SSSR count). The third-order valence-corrected chi connectivity index (χ3v) is 12.8. The van der Waals surface area contributed by atoms with Crippen molar-refractivity contribution in [3.05, 3.63) is 12.2 Å². The van der Waals surface area contributed by atoms with Gasteiger partial charge in [-0.2, -0.15) is 0 Å². The summed E-state index contributed by atoms with van der Waals surface area (Å²) in [6, 6.07) is 0. The molecule has 2 N–H and O–H groups in total. The van der Waals surface area contributed by atoms with Gasteiger partial charge in [-0.25, -0.2) is 0 Å². The predicted octanol–water partition coefficient (Wildman–Crippen LogP) is 7.48. The van der Waals surface area contributed by atoms with Gasteiger partial charge >= 0.3 is 5.97 Å². The minimum absolute atomic E-state index is 0.0287. The highest BCUT2D eigenvalue weighted by atomic mass is 16.4. The maximum absolute atomic E-state index is 11.9. The molecule has 0 unspecified atom stereocenters. The topological polar surface area (TPSA) is 57.5 Å². The van der Waals surface area contributed by atoms with Crippen LogP contribution in [0.1, 0.15) is 113 Å². The third kappa shape index (κ3) is 3.26. The Balaban J connectivity index is 1.74. The van der Waals surface area contributed by atoms with E-state index in [4.69, 9.17) is 0 Å². The maximum atomic E-state index is 11.9. The molecule has 0 aromatic carbocycles. The normalized spacial score (nSPS) is 51.5. The highest BCUT2D eigenvalue weighted by Crippen LogP contribution is 2.77. The van der Waals surface area contributed by atoms with Gasteiger partial charge in [-0.3, -0.25) is 4.79 Å². The van der Waals surface area contributed by atoms with Crippen molar-refractivity contribution in [1.29, 1.82) is 0 Å². The molecule has 3 nitrogen and oxygen atoms in total. The summed E-state index contributed by atoms with van der Waals surface area (Å²) < 4.78 is 0. The molecular formula is C30H50O3. The molecule has 188 valence electrons. The van der Waals surface area contributed by atoms with E-state index in [1.165, 1.54) is 32.1 Å². The van der Waals surface area contributed by atoms with Gasteiger partial charge in [0.15, 0.2) is 0 Å². The molecule has 0 aliphatic heterocycles. The lowest BCUT2D eigenvalue weighted by Crippen LogP contribution is -2.67. The summed E-state index contributed by atoms with van der Waals surface area (Å²) in [6.07, 6.45) is 10.1. The van der Waals surface area contributed by atoms with E-state index in [1.807, 2.05) is 6.92 Å². The summed E-state index contributed by atoms with van der Waals surface area (Å²) in [6.45, 7) is 21.2. The van der Waals surface area contributed by atoms with Gasteiger partial charge < -0.3 is 10.2 Å². The molecule has 4 fully saturated rings. The van der Waals surface area contributed by atoms with Crippen LogP contribution in [0.25, 0.3) is 0 Å². The van der Waals surface area contributed by atoms with E-state index in [0.717, 1.165) is 42.6 Å². The second-order valence-electron chi connectivity index (χ2n) is 14.1. The van der Waals surface area contributed by atoms with Crippen molar-refractivity contribution in [2.45, 2.75) is 118 Å². The molecule has 4 saturated carbocycles. The Morgan fingerprint density at radius 1 is 0.909 bits per heavy atom. The average molecular weight is 459 g/mol. The number of fused-ring (bicyclic) bond motifs is 5. The molecule has 9 atom stereocenters. The second kappa shape index (κ2) is 7.84. The van der Waals surface area contributed by atoms with Crippen LogP contribution in [0, 0.1) is 51.2 Å². The number of hydrogen-bond donors (Lipinski definition) is 2. The number of carbonyl (C=O) groups is 1. The Labute approximate surface area is 202 Å². The van der Waals surface area contributed by atoms with Crippen molar-refractivity contribution in [2.75, 3.05) is 0 Å². The van der Waals surface area contributed by atoms with Gasteiger partial charge in [0.1, 0.15) is 0 Å². The Bertz CT molecular complexity index is 817. The summed E-state index contributed by atoms with van der Waals surface area (Å²) in [5.74, 6) is 2.11. The van der Waals surface area contributed by atoms with Gasteiger partial charge in [-0.1, -0.05) is 48.1 Å². The minimum Gasteiger partial charge on any atom is -0.481 e. The number of carboxylic acids is 1. The van der Waals surface area contributed by atoms with Crippen LogP contribution < -0.4 is 0 Å². The molecule has 4 aliphatic carbocycles. The second-order valence-corrected chi connectivity index (χ2v) is 14.1. The first kappa shape index (κ1) is 25.3. The van der Waals surface area contributed by atoms with Gasteiger partial charge in [0, 0.05) is 6.42 Å². The van der Waals surface area contributed by atoms with Crippen molar-refractivity contribution in [3.63, 3.8) is 0 Å². The summed E-state index contributed by atoms with van der Waals surface area (Å²) in [4.78, 5) is 11.6. The zero-order valence-corrected chi connectivity index (χ0v) is 22.5. The molecule has 33 heavy (non-hydrogen) atoms. The number of aliphatic hydroxyl groups is 1. The largest absolute Gasteiger partial charge is 0.481 e. The molecule has 0 bridgehead atoms. The molecule has 0 aromatic rings. The Morgan fingerprint density at radius 3 is 1.97 bits per heavy atom. The number of rotatable bonds is 5. The predicted molar refractivity (Wildman–Crippen MR) is 135 cm³/mol. The molecule has 0 amide bonds. The van der Waals surface area contributed by atoms with Crippen molar-refractivity contribution < 1.29 is 15.0 Å². The van der Waals surface area contributed by atoms with Crippen LogP contribution in [0.4, 0.5) is 0 Å². The van der Waals surface area contributed by atoms with Crippen molar-refractivity contribution in [1.82, 2.24) is 0 Å². The van der Waals surface area contributed by atoms with E-state index in [9.17, 15) is 15.0 Å². The number of carboxylic acid groups (broad SMARTS) is 1. The van der Waals surface area contributed by atoms with Crippen molar-refractivity contribution in [2.24, 2.45) is 51.2 Å². The summed E-state index contributed by atoms with van der Waals surface area (Å²) in [7, 11) is 0. The van der Waals surface area contributed by atoms with Gasteiger partial charge in [-0.05, 0) is 122 Å². The van der Waals surface area contributed by atoms with Crippen LogP contribution >= 0.6 is 0 Å². The smallest absolute Gasteiger partial charge is 0.303 e. The van der Waals surface area contributed by atoms with Crippen molar-refractivity contribution >= 4 is 5.97 Å². The SMILES string of the molecule is C=C(C)[C@@]1(O)CC[C@H]2[C@@](C)(CC[C@@]3(C)[C@@H]4CC[C@H](C(C)C)[C@@]4(C)CC[C@]23C)[C@@H]1CCC(=O)O. The molecule has 0 aromatic heterocycles. The number of hydrogen-bond acceptors (Lipinski definition) is 2. The highest BCUT2D eigenvalue weighted by molar-refractivity contribution is 5.66. The van der Waals surface area contributed by atoms with Gasteiger partial charge in [0.05, 0.1) is 5.60 Å². The highest BCUT2D eigenvalue weighted by Gasteiger charge is 2.71. The quantitative estimate of drug-likeness (QED) is 0.420. The van der Waals surface area contributed by atoms with E-state index >= 15 is 0 Å². The molecule has 0 saturated heterocycles. The number of aliphatic carboxylic acids is 1. The molecule has 0 heterocycles. The fraction of sp³-hybridized carbons (Fsp3) is 0.900. The zero-order chi connectivity index (χ0) is 24.6. The Morgan fingerprint density at radius 2 is 1.45 bits per heavy atom. The molecule has 4 aliphatic rings. The fourth-order valence-corrected chi connectivity index (χ4v) is 10.9. The summed E-state index contributed by atoms with van der Waals surface area (Å²) >= 11 is 0. The third-order valence-electron chi connectivity index (χ3n) is 12.8. The Kier molecular flexibility index (Phi) is 6.00. The van der Waals surface area contributed by atoms with Crippen LogP contribution in [-0.2, 0) is 4.79 Å². The van der Waals surface area contributed by atoms with Crippen LogP contribution in [0.3, 0.4) is 0 Å². The van der Waals surface area contributed by atoms with Gasteiger partial charge in [-0.15, -0.1) is 0 Å². The summed E-state index contributed by atoms with van der Waals surface area (Å²) in [5, 5.41) is 21.4. The van der Waals surface area contributed by atoms with E-state index in [0.29, 0.717) is 23.2 Å². The van der Waals surface area contributed by atoms with Crippen LogP contribution in [0.15, 0.2) is 12.2 Å². The van der Waals surface area contributed by atoms with Crippen LogP contribution in [0.2, 0.25) is 0 Å². The van der Waals surface area contributed by atoms with E-state index in [-0.39, 0.29) is 23.2 Å². The van der Waals surface area contributed by atoms with E-state index in [2.05, 4.69) is 48.1 Å². The minimum atomic E-state index is -0.940.